The first-order valence-electron chi connectivity index (χ1n) is 5.97. The summed E-state index contributed by atoms with van der Waals surface area (Å²) in [5, 5.41) is 9.99. The van der Waals surface area contributed by atoms with Gasteiger partial charge in [0, 0.05) is 6.42 Å². The molecule has 0 aromatic rings. The molecule has 2 atom stereocenters. The molecule has 0 aliphatic carbocycles. The van der Waals surface area contributed by atoms with Crippen molar-refractivity contribution in [2.75, 3.05) is 27.3 Å². The Balaban J connectivity index is 4.63. The Bertz CT molecular complexity index is 269. The molecule has 17 heavy (non-hydrogen) atoms. The minimum Gasteiger partial charge on any atom is -0.386 e. The molecule has 0 aliphatic heterocycles. The van der Waals surface area contributed by atoms with Gasteiger partial charge in [0.15, 0.2) is 0 Å². The van der Waals surface area contributed by atoms with E-state index in [0.717, 1.165) is 12.8 Å². The van der Waals surface area contributed by atoms with Gasteiger partial charge >= 0.3 is 7.60 Å². The summed E-state index contributed by atoms with van der Waals surface area (Å²) in [5.74, 6) is 0.520. The Morgan fingerprint density at radius 2 is 1.59 bits per heavy atom. The van der Waals surface area contributed by atoms with E-state index in [9.17, 15) is 9.67 Å². The number of hydrogen-bond donors (Lipinski definition) is 3. The van der Waals surface area contributed by atoms with Gasteiger partial charge in [-0.3, -0.25) is 4.57 Å². The van der Waals surface area contributed by atoms with Crippen LogP contribution in [0.2, 0.25) is 0 Å². The summed E-state index contributed by atoms with van der Waals surface area (Å²) in [4.78, 5) is 17.8. The number of quaternary nitrogens is 1. The number of hydrogen-bond acceptors (Lipinski definition) is 2. The maximum absolute atomic E-state index is 10.9. The van der Waals surface area contributed by atoms with Crippen molar-refractivity contribution in [3.05, 3.63) is 0 Å². The predicted octanol–water partition coefficient (Wildman–Crippen LogP) is 1.04. The summed E-state index contributed by atoms with van der Waals surface area (Å²) >= 11 is 0. The fourth-order valence-electron chi connectivity index (χ4n) is 1.97. The zero-order valence-electron chi connectivity index (χ0n) is 11.5. The van der Waals surface area contributed by atoms with Crippen molar-refractivity contribution >= 4 is 7.60 Å². The summed E-state index contributed by atoms with van der Waals surface area (Å²) in [7, 11) is 1.66. The molecule has 0 fully saturated rings. The van der Waals surface area contributed by atoms with Gasteiger partial charge in [0.1, 0.15) is 12.1 Å². The Labute approximate surface area is 104 Å². The highest BCUT2D eigenvalue weighted by molar-refractivity contribution is 7.51. The smallest absolute Gasteiger partial charge is 0.328 e. The SMILES string of the molecule is CC(C)CC[C@H]([C@H](O)CP(=O)(O)O)[N+](C)(C)C. The lowest BCUT2D eigenvalue weighted by atomic mass is 9.98. The Kier molecular flexibility index (Phi) is 6.33. The molecule has 0 amide bonds. The zero-order valence-corrected chi connectivity index (χ0v) is 12.4. The van der Waals surface area contributed by atoms with Gasteiger partial charge < -0.3 is 19.4 Å². The van der Waals surface area contributed by atoms with Crippen LogP contribution in [-0.2, 0) is 4.57 Å². The van der Waals surface area contributed by atoms with E-state index in [1.807, 2.05) is 21.1 Å². The molecule has 0 spiro atoms. The molecule has 5 nitrogen and oxygen atoms in total. The number of aliphatic hydroxyl groups is 1. The van der Waals surface area contributed by atoms with E-state index in [1.165, 1.54) is 0 Å². The second-order valence-corrected chi connectivity index (χ2v) is 7.76. The second kappa shape index (κ2) is 6.30. The van der Waals surface area contributed by atoms with Gasteiger partial charge in [0.25, 0.3) is 0 Å². The van der Waals surface area contributed by atoms with Gasteiger partial charge in [-0.25, -0.2) is 0 Å². The number of likely N-dealkylation sites (N-methyl/N-ethyl adjacent to an activating group) is 1. The molecule has 0 saturated carbocycles. The molecule has 0 aromatic heterocycles. The molecule has 0 radical (unpaired) electrons. The van der Waals surface area contributed by atoms with Crippen LogP contribution >= 0.6 is 7.60 Å². The van der Waals surface area contributed by atoms with E-state index in [4.69, 9.17) is 9.79 Å². The Morgan fingerprint density at radius 1 is 1.12 bits per heavy atom. The topological polar surface area (TPSA) is 77.8 Å². The molecule has 104 valence electrons. The lowest BCUT2D eigenvalue weighted by molar-refractivity contribution is -0.900. The molecule has 0 unspecified atom stereocenters. The quantitative estimate of drug-likeness (QED) is 0.476. The van der Waals surface area contributed by atoms with Crippen molar-refractivity contribution in [1.82, 2.24) is 0 Å². The molecule has 0 saturated heterocycles. The number of nitrogens with zero attached hydrogens (tertiary/aromatic N) is 1. The van der Waals surface area contributed by atoms with Crippen LogP contribution in [0, 0.1) is 5.92 Å². The third-order valence-electron chi connectivity index (χ3n) is 2.90. The van der Waals surface area contributed by atoms with Crippen LogP contribution in [0.1, 0.15) is 26.7 Å². The van der Waals surface area contributed by atoms with E-state index >= 15 is 0 Å². The van der Waals surface area contributed by atoms with Crippen molar-refractivity contribution in [1.29, 1.82) is 0 Å². The lowest BCUT2D eigenvalue weighted by Gasteiger charge is -2.37. The first-order valence-corrected chi connectivity index (χ1v) is 7.77. The van der Waals surface area contributed by atoms with E-state index in [0.29, 0.717) is 10.4 Å². The van der Waals surface area contributed by atoms with Crippen LogP contribution in [0.15, 0.2) is 0 Å². The predicted molar refractivity (Wildman–Crippen MR) is 68.8 cm³/mol. The largest absolute Gasteiger partial charge is 0.386 e. The van der Waals surface area contributed by atoms with Crippen molar-refractivity contribution in [2.24, 2.45) is 5.92 Å². The summed E-state index contributed by atoms with van der Waals surface area (Å²) in [6.07, 6.45) is 0.293. The van der Waals surface area contributed by atoms with Crippen molar-refractivity contribution < 1.29 is 23.9 Å². The minimum atomic E-state index is -4.15. The van der Waals surface area contributed by atoms with Crippen LogP contribution in [0.4, 0.5) is 0 Å². The molecular formula is C11H27NO4P+. The van der Waals surface area contributed by atoms with Crippen molar-refractivity contribution in [3.8, 4) is 0 Å². The van der Waals surface area contributed by atoms with E-state index in [-0.39, 0.29) is 6.04 Å². The zero-order chi connectivity index (χ0) is 13.9. The lowest BCUT2D eigenvalue weighted by Crippen LogP contribution is -2.52. The third-order valence-corrected chi connectivity index (χ3v) is 3.75. The van der Waals surface area contributed by atoms with E-state index < -0.39 is 19.9 Å². The monoisotopic (exact) mass is 268 g/mol. The van der Waals surface area contributed by atoms with Crippen LogP contribution < -0.4 is 0 Å². The number of aliphatic hydroxyl groups excluding tert-OH is 1. The molecule has 0 aliphatic rings. The minimum absolute atomic E-state index is 0.148. The van der Waals surface area contributed by atoms with Crippen LogP contribution in [0.3, 0.4) is 0 Å². The van der Waals surface area contributed by atoms with Gasteiger partial charge in [-0.2, -0.15) is 0 Å². The molecule has 0 bridgehead atoms. The first-order chi connectivity index (χ1) is 7.43. The fourth-order valence-corrected chi connectivity index (χ4v) is 2.70. The highest BCUT2D eigenvalue weighted by Gasteiger charge is 2.35. The number of rotatable bonds is 7. The Hall–Kier alpha value is 0.0700. The second-order valence-electron chi connectivity index (χ2n) is 6.07. The molecule has 3 N–H and O–H groups in total. The van der Waals surface area contributed by atoms with Gasteiger partial charge in [-0.1, -0.05) is 13.8 Å². The fraction of sp³-hybridized carbons (Fsp3) is 1.00. The van der Waals surface area contributed by atoms with Gasteiger partial charge in [-0.15, -0.1) is 0 Å². The maximum Gasteiger partial charge on any atom is 0.328 e. The maximum atomic E-state index is 10.9. The van der Waals surface area contributed by atoms with Crippen LogP contribution in [0.25, 0.3) is 0 Å². The molecule has 0 aromatic carbocycles. The van der Waals surface area contributed by atoms with E-state index in [1.54, 1.807) is 0 Å². The molecular weight excluding hydrogens is 241 g/mol. The van der Waals surface area contributed by atoms with Gasteiger partial charge in [0.05, 0.1) is 27.3 Å². The highest BCUT2D eigenvalue weighted by Crippen LogP contribution is 2.37. The Morgan fingerprint density at radius 3 is 1.88 bits per heavy atom. The highest BCUT2D eigenvalue weighted by atomic mass is 31.2. The summed E-state index contributed by atoms with van der Waals surface area (Å²) in [6.45, 7) is 4.20. The average molecular weight is 268 g/mol. The molecule has 0 rings (SSSR count). The molecule has 0 heterocycles. The normalized spacial score (nSPS) is 17.2. The molecule has 6 heteroatoms. The van der Waals surface area contributed by atoms with Gasteiger partial charge in [-0.05, 0) is 12.3 Å². The van der Waals surface area contributed by atoms with Crippen molar-refractivity contribution in [2.45, 2.75) is 38.8 Å². The summed E-state index contributed by atoms with van der Waals surface area (Å²) < 4.78 is 11.4. The average Bonchev–Trinajstić information content (AvgIpc) is 1.96. The van der Waals surface area contributed by atoms with Crippen molar-refractivity contribution in [3.63, 3.8) is 0 Å². The first kappa shape index (κ1) is 17.1. The third kappa shape index (κ3) is 7.90. The van der Waals surface area contributed by atoms with Crippen LogP contribution in [0.5, 0.6) is 0 Å². The standard InChI is InChI=1S/C11H26NO4P/c1-9(2)6-7-10(12(3,4)5)11(13)8-17(14,15)16/h9-11,13H,6-8H2,1-5H3,(H-,14,15,16)/p+1/t10-,11-/m1/s1. The summed E-state index contributed by atoms with van der Waals surface area (Å²) in [5.41, 5.74) is 0. The summed E-state index contributed by atoms with van der Waals surface area (Å²) in [6, 6.07) is -0.148. The van der Waals surface area contributed by atoms with Crippen LogP contribution in [-0.4, -0.2) is 58.8 Å². The van der Waals surface area contributed by atoms with E-state index in [2.05, 4.69) is 13.8 Å². The van der Waals surface area contributed by atoms with Gasteiger partial charge in [0.2, 0.25) is 0 Å².